The Labute approximate surface area is 107 Å². The molecule has 0 radical (unpaired) electrons. The molecular formula is C13H10F2N2O2. The first-order valence-electron chi connectivity index (χ1n) is 5.37. The fourth-order valence-electron chi connectivity index (χ4n) is 1.58. The lowest BCUT2D eigenvalue weighted by Gasteiger charge is -2.08. The molecule has 6 heteroatoms. The van der Waals surface area contributed by atoms with Crippen LogP contribution in [-0.2, 0) is 0 Å². The summed E-state index contributed by atoms with van der Waals surface area (Å²) >= 11 is 0. The van der Waals surface area contributed by atoms with Crippen molar-refractivity contribution in [1.82, 2.24) is 4.98 Å². The molecule has 98 valence electrons. The lowest BCUT2D eigenvalue weighted by atomic mass is 10.0. The number of ether oxygens (including phenoxy) is 1. The highest BCUT2D eigenvalue weighted by Crippen LogP contribution is 2.23. The molecule has 19 heavy (non-hydrogen) atoms. The molecule has 0 amide bonds. The van der Waals surface area contributed by atoms with E-state index in [0.29, 0.717) is 5.56 Å². The van der Waals surface area contributed by atoms with E-state index in [-0.39, 0.29) is 22.8 Å². The zero-order chi connectivity index (χ0) is 13.8. The van der Waals surface area contributed by atoms with Crippen molar-refractivity contribution in [1.29, 1.82) is 0 Å². The van der Waals surface area contributed by atoms with E-state index in [4.69, 9.17) is 5.73 Å². The zero-order valence-electron chi connectivity index (χ0n) is 9.72. The van der Waals surface area contributed by atoms with Crippen LogP contribution in [0.4, 0.5) is 14.5 Å². The molecule has 0 saturated carbocycles. The molecule has 1 aromatic heterocycles. The molecule has 0 spiro atoms. The van der Waals surface area contributed by atoms with Crippen molar-refractivity contribution in [3.63, 3.8) is 0 Å². The average molecular weight is 264 g/mol. The maximum Gasteiger partial charge on any atom is 0.387 e. The quantitative estimate of drug-likeness (QED) is 0.680. The maximum absolute atomic E-state index is 12.1. The van der Waals surface area contributed by atoms with E-state index in [1.165, 1.54) is 24.4 Å². The number of rotatable bonds is 4. The van der Waals surface area contributed by atoms with E-state index in [1.54, 1.807) is 18.3 Å². The normalized spacial score (nSPS) is 10.5. The van der Waals surface area contributed by atoms with Gasteiger partial charge in [-0.05, 0) is 24.3 Å². The number of halogens is 2. The number of nitrogen functional groups attached to an aromatic ring is 1. The maximum atomic E-state index is 12.1. The third-order valence-electron chi connectivity index (χ3n) is 2.42. The summed E-state index contributed by atoms with van der Waals surface area (Å²) in [6, 6.07) is 7.03. The van der Waals surface area contributed by atoms with Crippen LogP contribution in [0.1, 0.15) is 15.9 Å². The van der Waals surface area contributed by atoms with Crippen molar-refractivity contribution in [2.75, 3.05) is 5.73 Å². The van der Waals surface area contributed by atoms with Crippen LogP contribution in [0, 0.1) is 0 Å². The van der Waals surface area contributed by atoms with Gasteiger partial charge in [0.15, 0.2) is 5.78 Å². The number of carbonyl (C=O) groups excluding carboxylic acids is 1. The van der Waals surface area contributed by atoms with E-state index in [1.807, 2.05) is 0 Å². The molecule has 2 rings (SSSR count). The van der Waals surface area contributed by atoms with E-state index >= 15 is 0 Å². The van der Waals surface area contributed by atoms with Crippen LogP contribution >= 0.6 is 0 Å². The number of pyridine rings is 1. The summed E-state index contributed by atoms with van der Waals surface area (Å²) < 4.78 is 28.3. The Morgan fingerprint density at radius 3 is 2.68 bits per heavy atom. The fourth-order valence-corrected chi connectivity index (χ4v) is 1.58. The minimum Gasteiger partial charge on any atom is -0.435 e. The van der Waals surface area contributed by atoms with Gasteiger partial charge in [0.05, 0.1) is 0 Å². The number of nitrogens with two attached hydrogens (primary N) is 1. The standard InChI is InChI=1S/C13H10F2N2O2/c14-13(15)19-9-3-4-10(11(16)6-9)12(18)8-2-1-5-17-7-8/h1-7,13H,16H2. The number of ketones is 1. The van der Waals surface area contributed by atoms with Gasteiger partial charge in [-0.3, -0.25) is 9.78 Å². The summed E-state index contributed by atoms with van der Waals surface area (Å²) in [6.45, 7) is -2.93. The second kappa shape index (κ2) is 5.43. The molecule has 0 bridgehead atoms. The number of hydrogen-bond acceptors (Lipinski definition) is 4. The van der Waals surface area contributed by atoms with Gasteiger partial charge < -0.3 is 10.5 Å². The van der Waals surface area contributed by atoms with Crippen LogP contribution < -0.4 is 10.5 Å². The summed E-state index contributed by atoms with van der Waals surface area (Å²) in [5.41, 5.74) is 6.33. The van der Waals surface area contributed by atoms with Crippen LogP contribution in [0.15, 0.2) is 42.7 Å². The molecular weight excluding hydrogens is 254 g/mol. The minimum absolute atomic E-state index is 0.0759. The van der Waals surface area contributed by atoms with Crippen LogP contribution in [0.3, 0.4) is 0 Å². The smallest absolute Gasteiger partial charge is 0.387 e. The summed E-state index contributed by atoms with van der Waals surface area (Å²) in [6.07, 6.45) is 2.95. The third kappa shape index (κ3) is 3.04. The zero-order valence-corrected chi connectivity index (χ0v) is 9.72. The van der Waals surface area contributed by atoms with E-state index in [0.717, 1.165) is 0 Å². The molecule has 0 unspecified atom stereocenters. The SMILES string of the molecule is Nc1cc(OC(F)F)ccc1C(=O)c1cccnc1. The highest BCUT2D eigenvalue weighted by atomic mass is 19.3. The molecule has 0 aliphatic rings. The van der Waals surface area contributed by atoms with Gasteiger partial charge in [-0.1, -0.05) is 0 Å². The molecule has 0 fully saturated rings. The Bertz CT molecular complexity index is 588. The first kappa shape index (κ1) is 12.9. The van der Waals surface area contributed by atoms with Gasteiger partial charge in [0, 0.05) is 35.3 Å². The Morgan fingerprint density at radius 2 is 2.11 bits per heavy atom. The number of anilines is 1. The summed E-state index contributed by atoms with van der Waals surface area (Å²) in [4.78, 5) is 15.9. The van der Waals surface area contributed by atoms with Gasteiger partial charge in [-0.15, -0.1) is 0 Å². The third-order valence-corrected chi connectivity index (χ3v) is 2.42. The number of nitrogens with zero attached hydrogens (tertiary/aromatic N) is 1. The van der Waals surface area contributed by atoms with Crippen molar-refractivity contribution in [3.05, 3.63) is 53.9 Å². The largest absolute Gasteiger partial charge is 0.435 e. The van der Waals surface area contributed by atoms with Crippen LogP contribution in [0.25, 0.3) is 0 Å². The highest BCUT2D eigenvalue weighted by molar-refractivity contribution is 6.12. The van der Waals surface area contributed by atoms with Crippen LogP contribution in [0.2, 0.25) is 0 Å². The van der Waals surface area contributed by atoms with Crippen molar-refractivity contribution >= 4 is 11.5 Å². The fraction of sp³-hybridized carbons (Fsp3) is 0.0769. The Balaban J connectivity index is 2.29. The second-order valence-corrected chi connectivity index (χ2v) is 3.70. The molecule has 4 nitrogen and oxygen atoms in total. The number of alkyl halides is 2. The summed E-state index contributed by atoms with van der Waals surface area (Å²) in [5.74, 6) is -0.413. The van der Waals surface area contributed by atoms with Crippen molar-refractivity contribution in [3.8, 4) is 5.75 Å². The molecule has 2 aromatic rings. The molecule has 1 heterocycles. The molecule has 0 saturated heterocycles. The van der Waals surface area contributed by atoms with Crippen molar-refractivity contribution in [2.45, 2.75) is 6.61 Å². The van der Waals surface area contributed by atoms with E-state index in [2.05, 4.69) is 9.72 Å². The predicted octanol–water partition coefficient (Wildman–Crippen LogP) is 2.50. The first-order chi connectivity index (χ1) is 9.08. The lowest BCUT2D eigenvalue weighted by Crippen LogP contribution is -2.07. The number of aromatic nitrogens is 1. The lowest BCUT2D eigenvalue weighted by molar-refractivity contribution is -0.0497. The minimum atomic E-state index is -2.93. The monoisotopic (exact) mass is 264 g/mol. The Morgan fingerprint density at radius 1 is 1.32 bits per heavy atom. The molecule has 0 aliphatic carbocycles. The van der Waals surface area contributed by atoms with Gasteiger partial charge in [0.25, 0.3) is 0 Å². The van der Waals surface area contributed by atoms with Gasteiger partial charge in [0.1, 0.15) is 5.75 Å². The van der Waals surface area contributed by atoms with Gasteiger partial charge in [-0.2, -0.15) is 8.78 Å². The summed E-state index contributed by atoms with van der Waals surface area (Å²) in [7, 11) is 0. The predicted molar refractivity (Wildman–Crippen MR) is 65.2 cm³/mol. The number of carbonyl (C=O) groups is 1. The first-order valence-corrected chi connectivity index (χ1v) is 5.37. The van der Waals surface area contributed by atoms with Crippen LogP contribution in [-0.4, -0.2) is 17.4 Å². The van der Waals surface area contributed by atoms with E-state index < -0.39 is 6.61 Å². The molecule has 0 aliphatic heterocycles. The Hall–Kier alpha value is -2.50. The van der Waals surface area contributed by atoms with Crippen LogP contribution in [0.5, 0.6) is 5.75 Å². The molecule has 1 aromatic carbocycles. The average Bonchev–Trinajstić information content (AvgIpc) is 2.38. The topological polar surface area (TPSA) is 65.2 Å². The second-order valence-electron chi connectivity index (χ2n) is 3.70. The van der Waals surface area contributed by atoms with Gasteiger partial charge >= 0.3 is 6.61 Å². The summed E-state index contributed by atoms with van der Waals surface area (Å²) in [5, 5.41) is 0. The van der Waals surface area contributed by atoms with Gasteiger partial charge in [-0.25, -0.2) is 0 Å². The van der Waals surface area contributed by atoms with Crippen molar-refractivity contribution < 1.29 is 18.3 Å². The molecule has 0 atom stereocenters. The van der Waals surface area contributed by atoms with Crippen molar-refractivity contribution in [2.24, 2.45) is 0 Å². The number of benzene rings is 1. The number of hydrogen-bond donors (Lipinski definition) is 1. The van der Waals surface area contributed by atoms with E-state index in [9.17, 15) is 13.6 Å². The highest BCUT2D eigenvalue weighted by Gasteiger charge is 2.14. The molecule has 2 N–H and O–H groups in total. The van der Waals surface area contributed by atoms with Gasteiger partial charge in [0.2, 0.25) is 0 Å². The Kier molecular flexibility index (Phi) is 3.70.